The lowest BCUT2D eigenvalue weighted by Crippen LogP contribution is -2.60. The third-order valence-electron chi connectivity index (χ3n) is 5.16. The molecule has 114 valence electrons. The van der Waals surface area contributed by atoms with Gasteiger partial charge in [-0.1, -0.05) is 33.6 Å². The monoisotopic (exact) mass is 278 g/mol. The van der Waals surface area contributed by atoms with Gasteiger partial charge in [-0.15, -0.1) is 0 Å². The van der Waals surface area contributed by atoms with Crippen LogP contribution in [0.2, 0.25) is 0 Å². The molecule has 2 unspecified atom stereocenters. The minimum atomic E-state index is 0.147. The van der Waals surface area contributed by atoms with Crippen molar-refractivity contribution >= 4 is 0 Å². The van der Waals surface area contributed by atoms with Crippen LogP contribution in [0.15, 0.2) is 22.8 Å². The average Bonchev–Trinajstić information content (AvgIpc) is 2.97. The molecule has 0 bridgehead atoms. The number of rotatable bonds is 6. The van der Waals surface area contributed by atoms with Crippen LogP contribution in [0.5, 0.6) is 0 Å². The van der Waals surface area contributed by atoms with E-state index in [2.05, 4.69) is 31.7 Å². The van der Waals surface area contributed by atoms with E-state index in [1.54, 1.807) is 6.26 Å². The Bertz CT molecular complexity index is 388. The van der Waals surface area contributed by atoms with E-state index in [1.165, 1.54) is 25.7 Å². The van der Waals surface area contributed by atoms with Crippen molar-refractivity contribution in [2.45, 2.75) is 58.5 Å². The van der Waals surface area contributed by atoms with Crippen molar-refractivity contribution in [1.82, 2.24) is 4.90 Å². The molecule has 1 aliphatic carbocycles. The fourth-order valence-electron chi connectivity index (χ4n) is 4.15. The first-order chi connectivity index (χ1) is 9.64. The van der Waals surface area contributed by atoms with Crippen molar-refractivity contribution in [2.24, 2.45) is 17.6 Å². The molecule has 2 rings (SSSR count). The van der Waals surface area contributed by atoms with Gasteiger partial charge in [-0.05, 0) is 43.4 Å². The second-order valence-electron chi connectivity index (χ2n) is 6.50. The number of furan rings is 1. The predicted octanol–water partition coefficient (Wildman–Crippen LogP) is 3.65. The van der Waals surface area contributed by atoms with Gasteiger partial charge in [0, 0.05) is 12.1 Å². The SMILES string of the molecule is CCN(Cc1ccco1)C1(CN)CCCCC1C(C)C. The Labute approximate surface area is 123 Å². The van der Waals surface area contributed by atoms with Crippen LogP contribution in [0.25, 0.3) is 0 Å². The second kappa shape index (κ2) is 6.77. The van der Waals surface area contributed by atoms with Crippen LogP contribution in [0.3, 0.4) is 0 Å². The molecule has 0 amide bonds. The topological polar surface area (TPSA) is 42.4 Å². The average molecular weight is 278 g/mol. The molecule has 1 fully saturated rings. The lowest BCUT2D eigenvalue weighted by Gasteiger charge is -2.52. The van der Waals surface area contributed by atoms with Crippen LogP contribution in [-0.2, 0) is 6.54 Å². The van der Waals surface area contributed by atoms with E-state index in [1.807, 2.05) is 6.07 Å². The van der Waals surface area contributed by atoms with E-state index in [0.29, 0.717) is 11.8 Å². The normalized spacial score (nSPS) is 27.4. The fourth-order valence-corrected chi connectivity index (χ4v) is 4.15. The first kappa shape index (κ1) is 15.6. The van der Waals surface area contributed by atoms with Gasteiger partial charge in [0.05, 0.1) is 12.8 Å². The Morgan fingerprint density at radius 2 is 2.25 bits per heavy atom. The van der Waals surface area contributed by atoms with Crippen LogP contribution in [-0.4, -0.2) is 23.5 Å². The van der Waals surface area contributed by atoms with Gasteiger partial charge in [-0.3, -0.25) is 4.90 Å². The molecular formula is C17H30N2O. The summed E-state index contributed by atoms with van der Waals surface area (Å²) in [4.78, 5) is 2.57. The molecule has 0 radical (unpaired) electrons. The van der Waals surface area contributed by atoms with Crippen LogP contribution in [0.1, 0.15) is 52.2 Å². The molecule has 3 heteroatoms. The molecule has 1 aromatic rings. The Hall–Kier alpha value is -0.800. The number of hydrogen-bond donors (Lipinski definition) is 1. The quantitative estimate of drug-likeness (QED) is 0.863. The Morgan fingerprint density at radius 3 is 2.80 bits per heavy atom. The van der Waals surface area contributed by atoms with E-state index in [0.717, 1.165) is 25.4 Å². The zero-order valence-electron chi connectivity index (χ0n) is 13.3. The number of nitrogens with two attached hydrogens (primary N) is 1. The zero-order chi connectivity index (χ0) is 14.6. The van der Waals surface area contributed by atoms with Gasteiger partial charge >= 0.3 is 0 Å². The summed E-state index contributed by atoms with van der Waals surface area (Å²) in [5.74, 6) is 2.42. The minimum absolute atomic E-state index is 0.147. The summed E-state index contributed by atoms with van der Waals surface area (Å²) in [7, 11) is 0. The second-order valence-corrected chi connectivity index (χ2v) is 6.50. The smallest absolute Gasteiger partial charge is 0.117 e. The third kappa shape index (κ3) is 2.94. The van der Waals surface area contributed by atoms with Crippen molar-refractivity contribution in [3.8, 4) is 0 Å². The first-order valence-corrected chi connectivity index (χ1v) is 8.11. The highest BCUT2D eigenvalue weighted by atomic mass is 16.3. The van der Waals surface area contributed by atoms with Crippen LogP contribution in [0.4, 0.5) is 0 Å². The minimum Gasteiger partial charge on any atom is -0.468 e. The molecule has 1 heterocycles. The molecule has 20 heavy (non-hydrogen) atoms. The van der Waals surface area contributed by atoms with Gasteiger partial charge in [0.15, 0.2) is 0 Å². The van der Waals surface area contributed by atoms with Gasteiger partial charge in [0.2, 0.25) is 0 Å². The van der Waals surface area contributed by atoms with Gasteiger partial charge in [-0.25, -0.2) is 0 Å². The van der Waals surface area contributed by atoms with E-state index in [-0.39, 0.29) is 5.54 Å². The highest BCUT2D eigenvalue weighted by molar-refractivity contribution is 5.04. The number of hydrogen-bond acceptors (Lipinski definition) is 3. The van der Waals surface area contributed by atoms with Crippen molar-refractivity contribution in [2.75, 3.05) is 13.1 Å². The van der Waals surface area contributed by atoms with Crippen molar-refractivity contribution in [3.05, 3.63) is 24.2 Å². The van der Waals surface area contributed by atoms with E-state index < -0.39 is 0 Å². The summed E-state index contributed by atoms with van der Waals surface area (Å²) >= 11 is 0. The molecule has 1 aromatic heterocycles. The van der Waals surface area contributed by atoms with Gasteiger partial charge in [0.1, 0.15) is 5.76 Å². The number of nitrogens with zero attached hydrogens (tertiary/aromatic N) is 1. The maximum absolute atomic E-state index is 6.30. The standard InChI is InChI=1S/C17H30N2O/c1-4-19(12-15-8-7-11-20-15)17(13-18)10-6-5-9-16(17)14(2)3/h7-8,11,14,16H,4-6,9-10,12-13,18H2,1-3H3. The summed E-state index contributed by atoms with van der Waals surface area (Å²) in [5, 5.41) is 0. The molecular weight excluding hydrogens is 248 g/mol. The Morgan fingerprint density at radius 1 is 1.45 bits per heavy atom. The highest BCUT2D eigenvalue weighted by Gasteiger charge is 2.45. The highest BCUT2D eigenvalue weighted by Crippen LogP contribution is 2.42. The summed E-state index contributed by atoms with van der Waals surface area (Å²) in [6.45, 7) is 9.60. The Balaban J connectivity index is 2.25. The summed E-state index contributed by atoms with van der Waals surface area (Å²) in [6.07, 6.45) is 6.95. The largest absolute Gasteiger partial charge is 0.468 e. The maximum atomic E-state index is 6.30. The molecule has 1 saturated carbocycles. The molecule has 0 aliphatic heterocycles. The van der Waals surface area contributed by atoms with E-state index in [9.17, 15) is 0 Å². The van der Waals surface area contributed by atoms with E-state index >= 15 is 0 Å². The lowest BCUT2D eigenvalue weighted by molar-refractivity contribution is -0.0198. The molecule has 0 saturated heterocycles. The van der Waals surface area contributed by atoms with Crippen LogP contribution >= 0.6 is 0 Å². The van der Waals surface area contributed by atoms with Gasteiger partial charge in [0.25, 0.3) is 0 Å². The molecule has 0 spiro atoms. The van der Waals surface area contributed by atoms with E-state index in [4.69, 9.17) is 10.2 Å². The molecule has 3 nitrogen and oxygen atoms in total. The molecule has 0 aromatic carbocycles. The summed E-state index contributed by atoms with van der Waals surface area (Å²) in [5.41, 5.74) is 6.45. The van der Waals surface area contributed by atoms with Crippen molar-refractivity contribution in [3.63, 3.8) is 0 Å². The lowest BCUT2D eigenvalue weighted by atomic mass is 9.66. The number of likely N-dealkylation sites (N-methyl/N-ethyl adjacent to an activating group) is 1. The maximum Gasteiger partial charge on any atom is 0.117 e. The first-order valence-electron chi connectivity index (χ1n) is 8.11. The third-order valence-corrected chi connectivity index (χ3v) is 5.16. The summed E-state index contributed by atoms with van der Waals surface area (Å²) < 4.78 is 5.56. The van der Waals surface area contributed by atoms with Gasteiger partial charge < -0.3 is 10.2 Å². The molecule has 1 aliphatic rings. The molecule has 2 atom stereocenters. The van der Waals surface area contributed by atoms with Crippen LogP contribution in [0, 0.1) is 11.8 Å². The predicted molar refractivity (Wildman–Crippen MR) is 83.4 cm³/mol. The van der Waals surface area contributed by atoms with Crippen molar-refractivity contribution < 1.29 is 4.42 Å². The fraction of sp³-hybridized carbons (Fsp3) is 0.765. The van der Waals surface area contributed by atoms with Crippen molar-refractivity contribution in [1.29, 1.82) is 0 Å². The van der Waals surface area contributed by atoms with Crippen LogP contribution < -0.4 is 5.73 Å². The zero-order valence-corrected chi connectivity index (χ0v) is 13.3. The molecule has 2 N–H and O–H groups in total. The van der Waals surface area contributed by atoms with Gasteiger partial charge in [-0.2, -0.15) is 0 Å². The Kier molecular flexibility index (Phi) is 5.28. The summed E-state index contributed by atoms with van der Waals surface area (Å²) in [6, 6.07) is 4.04.